The van der Waals surface area contributed by atoms with Crippen molar-refractivity contribution in [3.63, 3.8) is 0 Å². The van der Waals surface area contributed by atoms with Crippen LogP contribution in [0.3, 0.4) is 0 Å². The minimum absolute atomic E-state index is 0.0363. The molecule has 1 amide bonds. The lowest BCUT2D eigenvalue weighted by atomic mass is 9.89. The number of hydrogen-bond donors (Lipinski definition) is 1. The SMILES string of the molecule is C=CC[C@H]1CCCC(=O)N2[C@H](CCCCCC)C[C@@H](O)[C@H]12. The lowest BCUT2D eigenvalue weighted by Gasteiger charge is -2.33. The summed E-state index contributed by atoms with van der Waals surface area (Å²) in [6, 6.07) is 0.300. The summed E-state index contributed by atoms with van der Waals surface area (Å²) in [6.45, 7) is 6.06. The number of aliphatic hydroxyl groups is 1. The number of aliphatic hydroxyl groups excluding tert-OH is 1. The first-order valence-electron chi connectivity index (χ1n) is 8.79. The Morgan fingerprint density at radius 2 is 2.19 bits per heavy atom. The molecule has 0 aromatic carbocycles. The van der Waals surface area contributed by atoms with E-state index in [9.17, 15) is 9.90 Å². The molecule has 2 fully saturated rings. The van der Waals surface area contributed by atoms with E-state index in [1.807, 2.05) is 6.08 Å². The van der Waals surface area contributed by atoms with Crippen molar-refractivity contribution < 1.29 is 9.90 Å². The summed E-state index contributed by atoms with van der Waals surface area (Å²) in [5, 5.41) is 10.5. The van der Waals surface area contributed by atoms with E-state index in [-0.39, 0.29) is 24.1 Å². The first kappa shape index (κ1) is 16.5. The van der Waals surface area contributed by atoms with Crippen molar-refractivity contribution in [1.29, 1.82) is 0 Å². The Labute approximate surface area is 129 Å². The molecular formula is C18H31NO2. The van der Waals surface area contributed by atoms with Gasteiger partial charge in [-0.1, -0.05) is 38.7 Å². The summed E-state index contributed by atoms with van der Waals surface area (Å²) in [5.41, 5.74) is 0. The molecular weight excluding hydrogens is 262 g/mol. The number of allylic oxidation sites excluding steroid dienone is 1. The van der Waals surface area contributed by atoms with E-state index in [4.69, 9.17) is 0 Å². The third-order valence-electron chi connectivity index (χ3n) is 5.22. The minimum Gasteiger partial charge on any atom is -0.391 e. The van der Waals surface area contributed by atoms with Crippen LogP contribution in [-0.2, 0) is 4.79 Å². The van der Waals surface area contributed by atoms with Crippen LogP contribution in [0, 0.1) is 5.92 Å². The smallest absolute Gasteiger partial charge is 0.223 e. The van der Waals surface area contributed by atoms with Crippen molar-refractivity contribution in [2.75, 3.05) is 0 Å². The first-order chi connectivity index (χ1) is 10.2. The maximum atomic E-state index is 12.5. The minimum atomic E-state index is -0.340. The molecule has 120 valence electrons. The van der Waals surface area contributed by atoms with Crippen molar-refractivity contribution in [2.45, 2.75) is 89.3 Å². The highest BCUT2D eigenvalue weighted by molar-refractivity contribution is 5.77. The molecule has 0 bridgehead atoms. The molecule has 3 heteroatoms. The Morgan fingerprint density at radius 1 is 1.38 bits per heavy atom. The summed E-state index contributed by atoms with van der Waals surface area (Å²) in [7, 11) is 0. The van der Waals surface area contributed by atoms with Crippen LogP contribution in [0.4, 0.5) is 0 Å². The lowest BCUT2D eigenvalue weighted by molar-refractivity contribution is -0.135. The Hall–Kier alpha value is -0.830. The second-order valence-electron chi connectivity index (χ2n) is 6.77. The van der Waals surface area contributed by atoms with Gasteiger partial charge in [0, 0.05) is 12.5 Å². The van der Waals surface area contributed by atoms with Crippen molar-refractivity contribution in [3.8, 4) is 0 Å². The van der Waals surface area contributed by atoms with Gasteiger partial charge in [-0.15, -0.1) is 6.58 Å². The fourth-order valence-corrected chi connectivity index (χ4v) is 4.22. The van der Waals surface area contributed by atoms with Gasteiger partial charge in [0.05, 0.1) is 12.1 Å². The van der Waals surface area contributed by atoms with Gasteiger partial charge in [0.2, 0.25) is 5.91 Å². The molecule has 0 spiro atoms. The number of fused-ring (bicyclic) bond motifs is 1. The second kappa shape index (κ2) is 7.98. The van der Waals surface area contributed by atoms with E-state index in [0.717, 1.165) is 32.1 Å². The maximum absolute atomic E-state index is 12.5. The molecule has 2 aliphatic heterocycles. The highest BCUT2D eigenvalue weighted by atomic mass is 16.3. The molecule has 0 aromatic rings. The summed E-state index contributed by atoms with van der Waals surface area (Å²) in [4.78, 5) is 14.5. The molecule has 0 radical (unpaired) electrons. The largest absolute Gasteiger partial charge is 0.391 e. The van der Waals surface area contributed by atoms with Crippen LogP contribution in [0.5, 0.6) is 0 Å². The average molecular weight is 293 g/mol. The predicted molar refractivity (Wildman–Crippen MR) is 86.0 cm³/mol. The van der Waals surface area contributed by atoms with Gasteiger partial charge >= 0.3 is 0 Å². The van der Waals surface area contributed by atoms with Crippen molar-refractivity contribution in [3.05, 3.63) is 12.7 Å². The van der Waals surface area contributed by atoms with E-state index in [0.29, 0.717) is 12.3 Å². The molecule has 0 saturated carbocycles. The molecule has 2 saturated heterocycles. The zero-order chi connectivity index (χ0) is 15.2. The third kappa shape index (κ3) is 3.88. The number of rotatable bonds is 7. The predicted octanol–water partition coefficient (Wildman–Crippen LogP) is 3.66. The second-order valence-corrected chi connectivity index (χ2v) is 6.77. The van der Waals surface area contributed by atoms with E-state index >= 15 is 0 Å². The highest BCUT2D eigenvalue weighted by Gasteiger charge is 2.46. The monoisotopic (exact) mass is 293 g/mol. The molecule has 2 heterocycles. The maximum Gasteiger partial charge on any atom is 0.223 e. The van der Waals surface area contributed by atoms with Gasteiger partial charge in [-0.2, -0.15) is 0 Å². The highest BCUT2D eigenvalue weighted by Crippen LogP contribution is 2.38. The van der Waals surface area contributed by atoms with E-state index < -0.39 is 0 Å². The number of amides is 1. The van der Waals surface area contributed by atoms with Gasteiger partial charge < -0.3 is 10.0 Å². The molecule has 21 heavy (non-hydrogen) atoms. The molecule has 0 aliphatic carbocycles. The van der Waals surface area contributed by atoms with E-state index in [1.165, 1.54) is 25.7 Å². The lowest BCUT2D eigenvalue weighted by Crippen LogP contribution is -2.45. The molecule has 0 aromatic heterocycles. The zero-order valence-electron chi connectivity index (χ0n) is 13.5. The normalized spacial score (nSPS) is 32.9. The van der Waals surface area contributed by atoms with Crippen LogP contribution in [0.25, 0.3) is 0 Å². The van der Waals surface area contributed by atoms with Crippen LogP contribution in [0.1, 0.15) is 71.1 Å². The topological polar surface area (TPSA) is 40.5 Å². The average Bonchev–Trinajstić information content (AvgIpc) is 2.69. The standard InChI is InChI=1S/C18H31NO2/c1-3-5-6-7-11-15-13-16(20)18-14(9-4-2)10-8-12-17(21)19(15)18/h4,14-16,18,20H,2-3,5-13H2,1H3/t14-,15+,16+,18-/m0/s1. The van der Waals surface area contributed by atoms with E-state index in [2.05, 4.69) is 18.4 Å². The fourth-order valence-electron chi connectivity index (χ4n) is 4.22. The first-order valence-corrected chi connectivity index (χ1v) is 8.79. The number of carbonyl (C=O) groups is 1. The number of carbonyl (C=O) groups excluding carboxylic acids is 1. The van der Waals surface area contributed by atoms with Crippen LogP contribution in [-0.4, -0.2) is 34.1 Å². The van der Waals surface area contributed by atoms with Crippen LogP contribution in [0.2, 0.25) is 0 Å². The van der Waals surface area contributed by atoms with Gasteiger partial charge in [-0.05, 0) is 38.0 Å². The van der Waals surface area contributed by atoms with Crippen molar-refractivity contribution in [2.24, 2.45) is 5.92 Å². The molecule has 3 nitrogen and oxygen atoms in total. The number of unbranched alkanes of at least 4 members (excludes halogenated alkanes) is 3. The Bertz CT molecular complexity index is 355. The number of hydrogen-bond acceptors (Lipinski definition) is 2. The van der Waals surface area contributed by atoms with Gasteiger partial charge in [-0.3, -0.25) is 4.79 Å². The fraction of sp³-hybridized carbons (Fsp3) is 0.833. The van der Waals surface area contributed by atoms with Crippen molar-refractivity contribution in [1.82, 2.24) is 4.90 Å². The molecule has 2 aliphatic rings. The van der Waals surface area contributed by atoms with Gasteiger partial charge in [0.25, 0.3) is 0 Å². The van der Waals surface area contributed by atoms with Crippen LogP contribution >= 0.6 is 0 Å². The number of nitrogens with zero attached hydrogens (tertiary/aromatic N) is 1. The molecule has 1 N–H and O–H groups in total. The molecule has 2 rings (SSSR count). The van der Waals surface area contributed by atoms with Crippen molar-refractivity contribution >= 4 is 5.91 Å². The zero-order valence-corrected chi connectivity index (χ0v) is 13.5. The Balaban J connectivity index is 2.04. The van der Waals surface area contributed by atoms with E-state index in [1.54, 1.807) is 0 Å². The third-order valence-corrected chi connectivity index (χ3v) is 5.22. The Morgan fingerprint density at radius 3 is 2.90 bits per heavy atom. The van der Waals surface area contributed by atoms with Gasteiger partial charge in [0.1, 0.15) is 0 Å². The van der Waals surface area contributed by atoms with Crippen LogP contribution < -0.4 is 0 Å². The molecule has 0 unspecified atom stereocenters. The summed E-state index contributed by atoms with van der Waals surface area (Å²) < 4.78 is 0. The molecule has 4 atom stereocenters. The quantitative estimate of drug-likeness (QED) is 0.575. The summed E-state index contributed by atoms with van der Waals surface area (Å²) >= 11 is 0. The summed E-state index contributed by atoms with van der Waals surface area (Å²) in [6.07, 6.45) is 11.9. The van der Waals surface area contributed by atoms with Gasteiger partial charge in [-0.25, -0.2) is 0 Å². The van der Waals surface area contributed by atoms with Crippen LogP contribution in [0.15, 0.2) is 12.7 Å². The Kier molecular flexibility index (Phi) is 6.28. The summed E-state index contributed by atoms with van der Waals surface area (Å²) in [5.74, 6) is 0.660. The van der Waals surface area contributed by atoms with Gasteiger partial charge in [0.15, 0.2) is 0 Å².